The maximum absolute atomic E-state index is 6.82. The van der Waals surface area contributed by atoms with Crippen molar-refractivity contribution in [3.05, 3.63) is 0 Å². The van der Waals surface area contributed by atoms with Gasteiger partial charge >= 0.3 is 0 Å². The molecule has 2 heteroatoms. The van der Waals surface area contributed by atoms with Gasteiger partial charge in [0.05, 0.1) is 12.7 Å². The third kappa shape index (κ3) is 2.73. The molecular weight excluding hydrogens is 356 g/mol. The number of hydrogen-bond donors (Lipinski definition) is 0. The first-order valence-electron chi connectivity index (χ1n) is 13.1. The molecule has 0 aromatic carbocycles. The lowest BCUT2D eigenvalue weighted by Crippen LogP contribution is -2.53. The first-order valence-corrected chi connectivity index (χ1v) is 13.1. The van der Waals surface area contributed by atoms with Gasteiger partial charge in [0.25, 0.3) is 0 Å². The van der Waals surface area contributed by atoms with Gasteiger partial charge in [0, 0.05) is 12.8 Å². The van der Waals surface area contributed by atoms with Crippen LogP contribution in [0.1, 0.15) is 98.3 Å². The Morgan fingerprint density at radius 1 is 0.724 bits per heavy atom. The molecule has 0 amide bonds. The van der Waals surface area contributed by atoms with Crippen LogP contribution in [0, 0.1) is 52.3 Å². The lowest BCUT2D eigenvalue weighted by molar-refractivity contribution is -0.256. The second kappa shape index (κ2) is 6.47. The van der Waals surface area contributed by atoms with Gasteiger partial charge in [-0.25, -0.2) is 0 Å². The third-order valence-electron chi connectivity index (χ3n) is 11.7. The summed E-state index contributed by atoms with van der Waals surface area (Å²) in [7, 11) is 0. The largest absolute Gasteiger partial charge is 0.350 e. The van der Waals surface area contributed by atoms with Crippen molar-refractivity contribution in [2.45, 2.75) is 110 Å². The molecule has 11 atom stereocenters. The fourth-order valence-corrected chi connectivity index (χ4v) is 9.89. The summed E-state index contributed by atoms with van der Waals surface area (Å²) in [4.78, 5) is 0. The zero-order chi connectivity index (χ0) is 20.0. The van der Waals surface area contributed by atoms with Crippen LogP contribution in [0.4, 0.5) is 0 Å². The molecule has 164 valence electrons. The lowest BCUT2D eigenvalue weighted by Gasteiger charge is -2.61. The van der Waals surface area contributed by atoms with Gasteiger partial charge in [0.1, 0.15) is 0 Å². The van der Waals surface area contributed by atoms with Crippen LogP contribution in [0.25, 0.3) is 0 Å². The normalized spacial score (nSPS) is 61.7. The van der Waals surface area contributed by atoms with E-state index in [4.69, 9.17) is 9.47 Å². The molecule has 29 heavy (non-hydrogen) atoms. The minimum Gasteiger partial charge on any atom is -0.350 e. The third-order valence-corrected chi connectivity index (χ3v) is 11.7. The molecular formula is C27H44O2. The first-order chi connectivity index (χ1) is 13.8. The number of ether oxygens (including phenoxy) is 2. The Kier molecular flexibility index (Phi) is 4.37. The average Bonchev–Trinajstić information content (AvgIpc) is 3.18. The molecule has 0 bridgehead atoms. The van der Waals surface area contributed by atoms with E-state index in [0.29, 0.717) is 22.9 Å². The molecule has 4 saturated carbocycles. The van der Waals surface area contributed by atoms with Crippen molar-refractivity contribution in [1.82, 2.24) is 0 Å². The van der Waals surface area contributed by atoms with Crippen LogP contribution in [0.3, 0.4) is 0 Å². The van der Waals surface area contributed by atoms with Crippen molar-refractivity contribution >= 4 is 0 Å². The monoisotopic (exact) mass is 400 g/mol. The van der Waals surface area contributed by atoms with E-state index in [0.717, 1.165) is 48.5 Å². The maximum Gasteiger partial charge on any atom is 0.169 e. The summed E-state index contributed by atoms with van der Waals surface area (Å²) in [6.45, 7) is 11.1. The van der Waals surface area contributed by atoms with Gasteiger partial charge in [-0.3, -0.25) is 0 Å². The Labute approximate surface area is 178 Å². The number of hydrogen-bond acceptors (Lipinski definition) is 2. The van der Waals surface area contributed by atoms with Gasteiger partial charge in [-0.2, -0.15) is 0 Å². The van der Waals surface area contributed by atoms with Crippen molar-refractivity contribution in [2.75, 3.05) is 6.61 Å². The molecule has 6 rings (SSSR count). The number of fused-ring (bicyclic) bond motifs is 7. The molecule has 2 aliphatic heterocycles. The highest BCUT2D eigenvalue weighted by atomic mass is 16.7. The summed E-state index contributed by atoms with van der Waals surface area (Å²) in [6, 6.07) is 0. The van der Waals surface area contributed by atoms with E-state index >= 15 is 0 Å². The summed E-state index contributed by atoms with van der Waals surface area (Å²) >= 11 is 0. The molecule has 2 nitrogen and oxygen atoms in total. The van der Waals surface area contributed by atoms with Gasteiger partial charge < -0.3 is 9.47 Å². The summed E-state index contributed by atoms with van der Waals surface area (Å²) < 4.78 is 13.2. The highest BCUT2D eigenvalue weighted by Gasteiger charge is 2.66. The zero-order valence-corrected chi connectivity index (χ0v) is 19.4. The fourth-order valence-electron chi connectivity index (χ4n) is 9.89. The zero-order valence-electron chi connectivity index (χ0n) is 19.4. The molecule has 4 aliphatic carbocycles. The Morgan fingerprint density at radius 3 is 2.31 bits per heavy atom. The maximum atomic E-state index is 6.82. The first kappa shape index (κ1) is 19.6. The van der Waals surface area contributed by atoms with Crippen LogP contribution < -0.4 is 0 Å². The fraction of sp³-hybridized carbons (Fsp3) is 1.00. The molecule has 0 N–H and O–H groups in total. The molecule has 6 fully saturated rings. The molecule has 6 aliphatic rings. The average molecular weight is 401 g/mol. The van der Waals surface area contributed by atoms with Crippen LogP contribution in [0.2, 0.25) is 0 Å². The molecule has 0 aromatic heterocycles. The van der Waals surface area contributed by atoms with Crippen LogP contribution in [-0.4, -0.2) is 18.5 Å². The van der Waals surface area contributed by atoms with Crippen LogP contribution in [-0.2, 0) is 9.47 Å². The lowest BCUT2D eigenvalue weighted by atomic mass is 9.44. The van der Waals surface area contributed by atoms with Gasteiger partial charge in [0.2, 0.25) is 0 Å². The Balaban J connectivity index is 1.23. The van der Waals surface area contributed by atoms with Crippen molar-refractivity contribution in [3.63, 3.8) is 0 Å². The second-order valence-electron chi connectivity index (χ2n) is 13.1. The van der Waals surface area contributed by atoms with Crippen molar-refractivity contribution in [1.29, 1.82) is 0 Å². The smallest absolute Gasteiger partial charge is 0.169 e. The van der Waals surface area contributed by atoms with E-state index in [1.807, 2.05) is 0 Å². The highest BCUT2D eigenvalue weighted by Crippen LogP contribution is 2.70. The Bertz CT molecular complexity index is 651. The minimum atomic E-state index is -0.212. The molecule has 11 unspecified atom stereocenters. The quantitative estimate of drug-likeness (QED) is 0.444. The molecule has 0 radical (unpaired) electrons. The summed E-state index contributed by atoms with van der Waals surface area (Å²) in [5, 5.41) is 0. The van der Waals surface area contributed by atoms with Gasteiger partial charge in [-0.05, 0) is 104 Å². The van der Waals surface area contributed by atoms with E-state index in [9.17, 15) is 0 Å². The van der Waals surface area contributed by atoms with Crippen molar-refractivity contribution < 1.29 is 9.47 Å². The van der Waals surface area contributed by atoms with Crippen LogP contribution in [0.15, 0.2) is 0 Å². The predicted octanol–water partition coefficient (Wildman–Crippen LogP) is 6.82. The summed E-state index contributed by atoms with van der Waals surface area (Å²) in [5.74, 6) is 6.09. The van der Waals surface area contributed by atoms with E-state index in [-0.39, 0.29) is 5.79 Å². The SMILES string of the molecule is CC1CCC2(CC3C(CC4C5CCC6CC(C)CCC6(C)C5CCC34C)O2)OC1. The van der Waals surface area contributed by atoms with Gasteiger partial charge in [-0.1, -0.05) is 34.1 Å². The minimum absolute atomic E-state index is 0.212. The molecule has 2 saturated heterocycles. The van der Waals surface area contributed by atoms with Crippen molar-refractivity contribution in [3.8, 4) is 0 Å². The topological polar surface area (TPSA) is 18.5 Å². The van der Waals surface area contributed by atoms with Gasteiger partial charge in [-0.15, -0.1) is 0 Å². The molecule has 2 heterocycles. The predicted molar refractivity (Wildman–Crippen MR) is 116 cm³/mol. The summed E-state index contributed by atoms with van der Waals surface area (Å²) in [5.41, 5.74) is 1.14. The highest BCUT2D eigenvalue weighted by molar-refractivity contribution is 5.13. The standard InChI is InChI=1S/C27H44O2/c1-17-7-10-25(3)19(13-17)5-6-20-21(25)9-11-26(4)22(20)14-24-23(26)15-27(29-24)12-8-18(2)16-28-27/h17-24H,5-16H2,1-4H3. The Morgan fingerprint density at radius 2 is 1.52 bits per heavy atom. The van der Waals surface area contributed by atoms with E-state index in [1.54, 1.807) is 0 Å². The Hall–Kier alpha value is -0.0800. The van der Waals surface area contributed by atoms with E-state index < -0.39 is 0 Å². The van der Waals surface area contributed by atoms with Crippen LogP contribution in [0.5, 0.6) is 0 Å². The molecule has 0 aromatic rings. The van der Waals surface area contributed by atoms with E-state index in [2.05, 4.69) is 27.7 Å². The number of rotatable bonds is 0. The van der Waals surface area contributed by atoms with Gasteiger partial charge in [0.15, 0.2) is 5.79 Å². The second-order valence-corrected chi connectivity index (χ2v) is 13.1. The van der Waals surface area contributed by atoms with E-state index in [1.165, 1.54) is 64.2 Å². The van der Waals surface area contributed by atoms with Crippen LogP contribution >= 0.6 is 0 Å². The van der Waals surface area contributed by atoms with Crippen molar-refractivity contribution in [2.24, 2.45) is 52.3 Å². The summed E-state index contributed by atoms with van der Waals surface area (Å²) in [6.07, 6.45) is 15.9. The molecule has 1 spiro atoms.